The van der Waals surface area contributed by atoms with Crippen molar-refractivity contribution in [2.75, 3.05) is 13.7 Å². The van der Waals surface area contributed by atoms with Crippen LogP contribution in [0, 0.1) is 5.92 Å². The summed E-state index contributed by atoms with van der Waals surface area (Å²) in [6, 6.07) is 8.80. The van der Waals surface area contributed by atoms with Crippen molar-refractivity contribution in [2.24, 2.45) is 5.92 Å². The predicted octanol–water partition coefficient (Wildman–Crippen LogP) is 4.32. The van der Waals surface area contributed by atoms with E-state index in [1.165, 1.54) is 44.1 Å². The number of hydrogen-bond donors (Lipinski definition) is 1. The SMILES string of the molecule is COc1ccc(C(C)NCCC2CCCCC2)cc1. The Kier molecular flexibility index (Phi) is 5.71. The molecule has 0 saturated heterocycles. The molecule has 1 atom stereocenters. The highest BCUT2D eigenvalue weighted by molar-refractivity contribution is 5.28. The maximum atomic E-state index is 5.19. The van der Waals surface area contributed by atoms with Gasteiger partial charge >= 0.3 is 0 Å². The van der Waals surface area contributed by atoms with Crippen LogP contribution in [-0.4, -0.2) is 13.7 Å². The van der Waals surface area contributed by atoms with Crippen LogP contribution in [0.3, 0.4) is 0 Å². The van der Waals surface area contributed by atoms with Crippen molar-refractivity contribution < 1.29 is 4.74 Å². The van der Waals surface area contributed by atoms with Crippen LogP contribution in [0.4, 0.5) is 0 Å². The molecule has 0 heterocycles. The molecule has 0 aromatic heterocycles. The van der Waals surface area contributed by atoms with Crippen molar-refractivity contribution in [1.29, 1.82) is 0 Å². The third-order valence-electron chi connectivity index (χ3n) is 4.34. The molecule has 0 amide bonds. The molecular formula is C17H27NO. The monoisotopic (exact) mass is 261 g/mol. The van der Waals surface area contributed by atoms with Crippen LogP contribution in [0.1, 0.15) is 57.1 Å². The van der Waals surface area contributed by atoms with E-state index in [1.54, 1.807) is 7.11 Å². The van der Waals surface area contributed by atoms with Gasteiger partial charge in [0.1, 0.15) is 5.75 Å². The lowest BCUT2D eigenvalue weighted by Crippen LogP contribution is -2.22. The molecule has 0 bridgehead atoms. The quantitative estimate of drug-likeness (QED) is 0.823. The summed E-state index contributed by atoms with van der Waals surface area (Å²) >= 11 is 0. The normalized spacial score (nSPS) is 18.2. The molecule has 0 aliphatic heterocycles. The first-order valence-corrected chi connectivity index (χ1v) is 7.67. The Morgan fingerprint density at radius 3 is 2.47 bits per heavy atom. The third kappa shape index (κ3) is 4.54. The lowest BCUT2D eigenvalue weighted by atomic mass is 9.87. The molecule has 1 aliphatic rings. The number of methoxy groups -OCH3 is 1. The van der Waals surface area contributed by atoms with Crippen LogP contribution in [0.25, 0.3) is 0 Å². The van der Waals surface area contributed by atoms with Crippen LogP contribution < -0.4 is 10.1 Å². The van der Waals surface area contributed by atoms with Crippen molar-refractivity contribution in [2.45, 2.75) is 51.5 Å². The van der Waals surface area contributed by atoms with Crippen LogP contribution in [-0.2, 0) is 0 Å². The van der Waals surface area contributed by atoms with Crippen LogP contribution in [0.15, 0.2) is 24.3 Å². The minimum absolute atomic E-state index is 0.425. The standard InChI is InChI=1S/C17H27NO/c1-14(16-8-10-17(19-2)11-9-16)18-13-12-15-6-4-3-5-7-15/h8-11,14-15,18H,3-7,12-13H2,1-2H3. The van der Waals surface area contributed by atoms with Gasteiger partial charge in [-0.3, -0.25) is 0 Å². The van der Waals surface area contributed by atoms with Gasteiger partial charge < -0.3 is 10.1 Å². The zero-order valence-electron chi connectivity index (χ0n) is 12.3. The number of hydrogen-bond acceptors (Lipinski definition) is 2. The van der Waals surface area contributed by atoms with Gasteiger partial charge in [0.15, 0.2) is 0 Å². The first-order chi connectivity index (χ1) is 9.29. The largest absolute Gasteiger partial charge is 0.497 e. The van der Waals surface area contributed by atoms with Crippen molar-refractivity contribution in [3.05, 3.63) is 29.8 Å². The zero-order valence-corrected chi connectivity index (χ0v) is 12.3. The molecule has 1 unspecified atom stereocenters. The summed E-state index contributed by atoms with van der Waals surface area (Å²) in [7, 11) is 1.71. The van der Waals surface area contributed by atoms with E-state index in [2.05, 4.69) is 24.4 Å². The topological polar surface area (TPSA) is 21.3 Å². The van der Waals surface area contributed by atoms with E-state index in [4.69, 9.17) is 4.74 Å². The molecule has 2 heteroatoms. The Morgan fingerprint density at radius 1 is 1.16 bits per heavy atom. The van der Waals surface area contributed by atoms with Gasteiger partial charge in [0.25, 0.3) is 0 Å². The molecule has 1 aromatic carbocycles. The first kappa shape index (κ1) is 14.4. The van der Waals surface area contributed by atoms with E-state index in [9.17, 15) is 0 Å². The number of rotatable bonds is 6. The highest BCUT2D eigenvalue weighted by Crippen LogP contribution is 2.26. The average molecular weight is 261 g/mol. The molecule has 1 fully saturated rings. The fourth-order valence-electron chi connectivity index (χ4n) is 2.99. The Hall–Kier alpha value is -1.02. The van der Waals surface area contributed by atoms with Crippen LogP contribution in [0.2, 0.25) is 0 Å². The van der Waals surface area contributed by atoms with Crippen molar-refractivity contribution in [3.63, 3.8) is 0 Å². The third-order valence-corrected chi connectivity index (χ3v) is 4.34. The molecule has 106 valence electrons. The highest BCUT2D eigenvalue weighted by Gasteiger charge is 2.13. The Balaban J connectivity index is 1.72. The summed E-state index contributed by atoms with van der Waals surface area (Å²) < 4.78 is 5.19. The van der Waals surface area contributed by atoms with E-state index in [0.717, 1.165) is 18.2 Å². The Morgan fingerprint density at radius 2 is 1.84 bits per heavy atom. The molecule has 2 nitrogen and oxygen atoms in total. The van der Waals surface area contributed by atoms with Crippen molar-refractivity contribution in [1.82, 2.24) is 5.32 Å². The molecule has 1 aromatic rings. The summed E-state index contributed by atoms with van der Waals surface area (Å²) in [5.41, 5.74) is 1.34. The molecule has 1 saturated carbocycles. The molecule has 0 radical (unpaired) electrons. The summed E-state index contributed by atoms with van der Waals surface area (Å²) in [5.74, 6) is 1.89. The fourth-order valence-corrected chi connectivity index (χ4v) is 2.99. The summed E-state index contributed by atoms with van der Waals surface area (Å²) in [5, 5.41) is 3.64. The van der Waals surface area contributed by atoms with E-state index in [1.807, 2.05) is 12.1 Å². The lowest BCUT2D eigenvalue weighted by molar-refractivity contribution is 0.329. The van der Waals surface area contributed by atoms with E-state index < -0.39 is 0 Å². The highest BCUT2D eigenvalue weighted by atomic mass is 16.5. The lowest BCUT2D eigenvalue weighted by Gasteiger charge is -2.22. The molecule has 2 rings (SSSR count). The fraction of sp³-hybridized carbons (Fsp3) is 0.647. The van der Waals surface area contributed by atoms with Gasteiger partial charge in [-0.15, -0.1) is 0 Å². The summed E-state index contributed by atoms with van der Waals surface area (Å²) in [4.78, 5) is 0. The smallest absolute Gasteiger partial charge is 0.118 e. The van der Waals surface area contributed by atoms with E-state index in [-0.39, 0.29) is 0 Å². The van der Waals surface area contributed by atoms with E-state index in [0.29, 0.717) is 6.04 Å². The minimum Gasteiger partial charge on any atom is -0.497 e. The number of ether oxygens (including phenoxy) is 1. The van der Waals surface area contributed by atoms with Crippen molar-refractivity contribution in [3.8, 4) is 5.75 Å². The maximum Gasteiger partial charge on any atom is 0.118 e. The number of benzene rings is 1. The van der Waals surface area contributed by atoms with Crippen molar-refractivity contribution >= 4 is 0 Å². The molecule has 0 spiro atoms. The van der Waals surface area contributed by atoms with Gasteiger partial charge in [-0.2, -0.15) is 0 Å². The molecular weight excluding hydrogens is 234 g/mol. The van der Waals surface area contributed by atoms with E-state index >= 15 is 0 Å². The Labute approximate surface area is 117 Å². The van der Waals surface area contributed by atoms with Crippen LogP contribution in [0.5, 0.6) is 5.75 Å². The number of nitrogens with one attached hydrogen (secondary N) is 1. The molecule has 1 N–H and O–H groups in total. The van der Waals surface area contributed by atoms with Gasteiger partial charge in [-0.25, -0.2) is 0 Å². The van der Waals surface area contributed by atoms with Gasteiger partial charge in [0.2, 0.25) is 0 Å². The van der Waals surface area contributed by atoms with Gasteiger partial charge in [-0.1, -0.05) is 44.2 Å². The second-order valence-corrected chi connectivity index (χ2v) is 5.74. The van der Waals surface area contributed by atoms with Gasteiger partial charge in [-0.05, 0) is 43.5 Å². The molecule has 1 aliphatic carbocycles. The summed E-state index contributed by atoms with van der Waals surface area (Å²) in [6.45, 7) is 3.38. The minimum atomic E-state index is 0.425. The average Bonchev–Trinajstić information content (AvgIpc) is 2.48. The van der Waals surface area contributed by atoms with Crippen LogP contribution >= 0.6 is 0 Å². The molecule has 19 heavy (non-hydrogen) atoms. The maximum absolute atomic E-state index is 5.19. The second kappa shape index (κ2) is 7.54. The summed E-state index contributed by atoms with van der Waals surface area (Å²) in [6.07, 6.45) is 8.56. The first-order valence-electron chi connectivity index (χ1n) is 7.67. The van der Waals surface area contributed by atoms with Gasteiger partial charge in [0, 0.05) is 6.04 Å². The van der Waals surface area contributed by atoms with Gasteiger partial charge in [0.05, 0.1) is 7.11 Å². The predicted molar refractivity (Wildman–Crippen MR) is 80.6 cm³/mol. The Bertz CT molecular complexity index is 354. The second-order valence-electron chi connectivity index (χ2n) is 5.74. The zero-order chi connectivity index (χ0) is 13.5.